The van der Waals surface area contributed by atoms with Crippen molar-refractivity contribution in [3.8, 4) is 0 Å². The van der Waals surface area contributed by atoms with Gasteiger partial charge in [0, 0.05) is 0 Å². The molecule has 4 nitrogen and oxygen atoms in total. The second kappa shape index (κ2) is 18.9. The molecule has 0 spiro atoms. The summed E-state index contributed by atoms with van der Waals surface area (Å²) in [5.74, 6) is -2.62. The zero-order valence-corrected chi connectivity index (χ0v) is 15.2. The minimum Gasteiger partial charge on any atom is -0.481 e. The second-order valence-corrected chi connectivity index (χ2v) is 6.15. The molecule has 114 valence electrons. The first kappa shape index (κ1) is 22.2. The molecule has 0 unspecified atom stereocenters. The van der Waals surface area contributed by atoms with Crippen molar-refractivity contribution in [3.05, 3.63) is 0 Å². The van der Waals surface area contributed by atoms with Crippen LogP contribution in [0.4, 0.5) is 0 Å². The van der Waals surface area contributed by atoms with E-state index < -0.39 is 18.4 Å². The van der Waals surface area contributed by atoms with Gasteiger partial charge in [0.1, 0.15) is 6.42 Å². The van der Waals surface area contributed by atoms with Crippen LogP contribution in [0.5, 0.6) is 0 Å². The van der Waals surface area contributed by atoms with E-state index >= 15 is 0 Å². The SMILES string of the molecule is CCCCCCCCCCC[CH2][Na].O=C(O)CC(=O)O. The molecule has 0 aliphatic carbocycles. The maximum Gasteiger partial charge on any atom is 0.314 e. The molecular formula is C15H29NaO4. The topological polar surface area (TPSA) is 74.6 Å². The molecule has 0 aromatic heterocycles. The summed E-state index contributed by atoms with van der Waals surface area (Å²) in [6, 6.07) is 0. The predicted octanol–water partition coefficient (Wildman–Crippen LogP) is 4.04. The third-order valence-corrected chi connectivity index (χ3v) is 3.72. The third-order valence-electron chi connectivity index (χ3n) is 3.01. The number of hydrogen-bond acceptors (Lipinski definition) is 2. The number of unbranched alkanes of at least 4 members (excludes halogenated alkanes) is 9. The van der Waals surface area contributed by atoms with Crippen LogP contribution in [0.3, 0.4) is 0 Å². The molecule has 0 rings (SSSR count). The minimum atomic E-state index is -1.31. The van der Waals surface area contributed by atoms with Gasteiger partial charge < -0.3 is 10.2 Å². The Hall–Kier alpha value is -0.0600. The van der Waals surface area contributed by atoms with E-state index in [-0.39, 0.29) is 0 Å². The zero-order chi connectivity index (χ0) is 15.6. The van der Waals surface area contributed by atoms with Crippen LogP contribution in [0.1, 0.15) is 77.6 Å². The first-order valence-corrected chi connectivity index (χ1v) is 9.39. The summed E-state index contributed by atoms with van der Waals surface area (Å²) < 4.78 is 1.51. The summed E-state index contributed by atoms with van der Waals surface area (Å²) in [6.07, 6.45) is 13.9. The normalized spacial score (nSPS) is 9.75. The summed E-state index contributed by atoms with van der Waals surface area (Å²) in [6.45, 7) is 2.29. The molecule has 0 fully saturated rings. The summed E-state index contributed by atoms with van der Waals surface area (Å²) in [5.41, 5.74) is 0. The summed E-state index contributed by atoms with van der Waals surface area (Å²) in [5, 5.41) is 15.4. The van der Waals surface area contributed by atoms with E-state index in [2.05, 4.69) is 6.92 Å². The molecule has 0 amide bonds. The minimum absolute atomic E-state index is 0.806. The molecule has 2 N–H and O–H groups in total. The number of aliphatic carboxylic acids is 2. The standard InChI is InChI=1S/C12H25.C3H4O4.Na/c1-3-5-7-9-11-12-10-8-6-4-2;4-2(5)1-3(6)7;/h1,3-12H2,2H3;1H2,(H,4,5)(H,6,7);. The number of hydrogen-bond donors (Lipinski definition) is 2. The molecule has 5 heteroatoms. The molecule has 0 saturated carbocycles. The maximum atomic E-state index is 9.43. The second-order valence-electron chi connectivity index (χ2n) is 5.15. The molecule has 0 atom stereocenters. The van der Waals surface area contributed by atoms with Crippen molar-refractivity contribution in [3.63, 3.8) is 0 Å². The van der Waals surface area contributed by atoms with Crippen molar-refractivity contribution in [1.29, 1.82) is 0 Å². The van der Waals surface area contributed by atoms with Crippen LogP contribution in [0.15, 0.2) is 0 Å². The van der Waals surface area contributed by atoms with Gasteiger partial charge in [0.2, 0.25) is 0 Å². The zero-order valence-electron chi connectivity index (χ0n) is 13.2. The van der Waals surface area contributed by atoms with E-state index in [0.717, 1.165) is 0 Å². The van der Waals surface area contributed by atoms with E-state index in [0.29, 0.717) is 0 Å². The van der Waals surface area contributed by atoms with Gasteiger partial charge in [-0.2, -0.15) is 0 Å². The molecule has 0 heterocycles. The van der Waals surface area contributed by atoms with Crippen molar-refractivity contribution in [1.82, 2.24) is 0 Å². The largest absolute Gasteiger partial charge is 0.481 e. The van der Waals surface area contributed by atoms with E-state index in [4.69, 9.17) is 10.2 Å². The van der Waals surface area contributed by atoms with Crippen LogP contribution >= 0.6 is 0 Å². The van der Waals surface area contributed by atoms with Crippen LogP contribution < -0.4 is 0 Å². The van der Waals surface area contributed by atoms with Gasteiger partial charge in [-0.05, 0) is 0 Å². The van der Waals surface area contributed by atoms with Crippen molar-refractivity contribution in [2.24, 2.45) is 0 Å². The Morgan fingerprint density at radius 3 is 1.35 bits per heavy atom. The van der Waals surface area contributed by atoms with Gasteiger partial charge >= 0.3 is 115 Å². The number of carboxylic acid groups (broad SMARTS) is 2. The molecule has 0 aromatic rings. The molecule has 0 radical (unpaired) electrons. The Labute approximate surface area is 140 Å². The van der Waals surface area contributed by atoms with Gasteiger partial charge in [-0.25, -0.2) is 0 Å². The van der Waals surface area contributed by atoms with Gasteiger partial charge in [-0.3, -0.25) is 9.59 Å². The van der Waals surface area contributed by atoms with E-state index in [1.807, 2.05) is 0 Å². The fraction of sp³-hybridized carbons (Fsp3) is 0.867. The quantitative estimate of drug-likeness (QED) is 0.324. The Balaban J connectivity index is 0. The summed E-state index contributed by atoms with van der Waals surface area (Å²) in [4.78, 5) is 18.9. The van der Waals surface area contributed by atoms with Crippen molar-refractivity contribution < 1.29 is 19.8 Å². The van der Waals surface area contributed by atoms with Crippen molar-refractivity contribution in [2.45, 2.75) is 81.2 Å². The van der Waals surface area contributed by atoms with Crippen LogP contribution in [-0.4, -0.2) is 50.1 Å². The van der Waals surface area contributed by atoms with Crippen LogP contribution in [0.2, 0.25) is 3.67 Å². The van der Waals surface area contributed by atoms with Crippen LogP contribution in [-0.2, 0) is 9.59 Å². The Morgan fingerprint density at radius 1 is 0.750 bits per heavy atom. The fourth-order valence-corrected chi connectivity index (χ4v) is 2.37. The first-order valence-electron chi connectivity index (χ1n) is 7.98. The molecule has 0 aliphatic heterocycles. The number of rotatable bonds is 12. The molecule has 0 aliphatic rings. The van der Waals surface area contributed by atoms with Gasteiger partial charge in [-0.15, -0.1) is 0 Å². The number of carbonyl (C=O) groups is 2. The van der Waals surface area contributed by atoms with Crippen molar-refractivity contribution in [2.75, 3.05) is 0 Å². The average Bonchev–Trinajstić information content (AvgIpc) is 2.36. The monoisotopic (exact) mass is 296 g/mol. The predicted molar refractivity (Wildman–Crippen MR) is 82.3 cm³/mol. The Bertz CT molecular complexity index is 210. The van der Waals surface area contributed by atoms with E-state index in [1.165, 1.54) is 95.8 Å². The fourth-order valence-electron chi connectivity index (χ4n) is 1.87. The molecular weight excluding hydrogens is 267 g/mol. The molecule has 0 aromatic carbocycles. The van der Waals surface area contributed by atoms with E-state index in [1.54, 1.807) is 0 Å². The van der Waals surface area contributed by atoms with Crippen LogP contribution in [0.25, 0.3) is 0 Å². The summed E-state index contributed by atoms with van der Waals surface area (Å²) >= 11 is 1.41. The maximum absolute atomic E-state index is 9.43. The Kier molecular flexibility index (Phi) is 21.0. The van der Waals surface area contributed by atoms with Gasteiger partial charge in [0.25, 0.3) is 0 Å². The Morgan fingerprint density at radius 2 is 1.10 bits per heavy atom. The average molecular weight is 296 g/mol. The number of carboxylic acids is 2. The first-order chi connectivity index (χ1) is 9.54. The van der Waals surface area contributed by atoms with Gasteiger partial charge in [0.05, 0.1) is 0 Å². The van der Waals surface area contributed by atoms with E-state index in [9.17, 15) is 9.59 Å². The van der Waals surface area contributed by atoms with Crippen molar-refractivity contribution >= 4 is 39.9 Å². The van der Waals surface area contributed by atoms with Crippen LogP contribution in [0, 0.1) is 0 Å². The third kappa shape index (κ3) is 26.5. The summed E-state index contributed by atoms with van der Waals surface area (Å²) in [7, 11) is 0. The molecule has 20 heavy (non-hydrogen) atoms. The molecule has 0 saturated heterocycles. The molecule has 0 bridgehead atoms. The van der Waals surface area contributed by atoms with Gasteiger partial charge in [-0.1, -0.05) is 0 Å². The van der Waals surface area contributed by atoms with Gasteiger partial charge in [0.15, 0.2) is 0 Å². The smallest absolute Gasteiger partial charge is 0.314 e.